The normalized spacial score (nSPS) is 12.5. The minimum Gasteiger partial charge on any atom is -0.388 e. The molecule has 1 nitrogen and oxygen atoms in total. The van der Waals surface area contributed by atoms with Crippen molar-refractivity contribution in [2.24, 2.45) is 0 Å². The lowest BCUT2D eigenvalue weighted by Gasteiger charge is -2.15. The van der Waals surface area contributed by atoms with Gasteiger partial charge in [-0.3, -0.25) is 0 Å². The average Bonchev–Trinajstić information content (AvgIpc) is 2.38. The third-order valence-electron chi connectivity index (χ3n) is 3.27. The number of hydrogen-bond donors (Lipinski definition) is 1. The predicted octanol–water partition coefficient (Wildman–Crippen LogP) is 5.76. The third-order valence-corrected chi connectivity index (χ3v) is 5.37. The molecule has 0 fully saturated rings. The summed E-state index contributed by atoms with van der Waals surface area (Å²) in [5.41, 5.74) is 4.12. The first-order valence-electron chi connectivity index (χ1n) is 6.27. The molecule has 1 N–H and O–H groups in total. The summed E-state index contributed by atoms with van der Waals surface area (Å²) in [6.45, 7) is 4.06. The Labute approximate surface area is 141 Å². The fourth-order valence-electron chi connectivity index (χ4n) is 2.19. The predicted molar refractivity (Wildman–Crippen MR) is 91.4 cm³/mol. The van der Waals surface area contributed by atoms with Gasteiger partial charge in [-0.1, -0.05) is 61.7 Å². The van der Waals surface area contributed by atoms with Gasteiger partial charge < -0.3 is 5.11 Å². The first kappa shape index (κ1) is 16.0. The van der Waals surface area contributed by atoms with Crippen molar-refractivity contribution in [2.75, 3.05) is 0 Å². The molecule has 1 unspecified atom stereocenters. The lowest BCUT2D eigenvalue weighted by molar-refractivity contribution is 0.178. The van der Waals surface area contributed by atoms with E-state index in [0.717, 1.165) is 31.2 Å². The van der Waals surface area contributed by atoms with Crippen LogP contribution in [0.1, 0.15) is 28.4 Å². The van der Waals surface area contributed by atoms with Gasteiger partial charge in [-0.05, 0) is 48.2 Å². The van der Waals surface area contributed by atoms with Crippen molar-refractivity contribution < 1.29 is 5.11 Å². The average molecular weight is 419 g/mol. The lowest BCUT2D eigenvalue weighted by Crippen LogP contribution is -2.03. The molecule has 0 heterocycles. The monoisotopic (exact) mass is 416 g/mol. The molecule has 2 aromatic rings. The number of aliphatic hydroxyl groups is 1. The zero-order valence-corrected chi connectivity index (χ0v) is 15.2. The van der Waals surface area contributed by atoms with Gasteiger partial charge in [0.15, 0.2) is 0 Å². The van der Waals surface area contributed by atoms with Crippen LogP contribution in [0.25, 0.3) is 0 Å². The van der Waals surface area contributed by atoms with Crippen molar-refractivity contribution in [3.8, 4) is 0 Å². The summed E-state index contributed by atoms with van der Waals surface area (Å²) < 4.78 is 2.03. The SMILES string of the molecule is Cc1cc(C(O)Cc2ccc(Br)cc2Cl)cc(C)c1Br. The second kappa shape index (κ2) is 6.61. The van der Waals surface area contributed by atoms with Crippen LogP contribution in [0.5, 0.6) is 0 Å². The van der Waals surface area contributed by atoms with E-state index in [2.05, 4.69) is 31.9 Å². The molecule has 0 aliphatic heterocycles. The summed E-state index contributed by atoms with van der Waals surface area (Å²) in [7, 11) is 0. The molecular formula is C16H15Br2ClO. The Balaban J connectivity index is 2.26. The molecule has 0 amide bonds. The zero-order valence-electron chi connectivity index (χ0n) is 11.3. The van der Waals surface area contributed by atoms with Gasteiger partial charge >= 0.3 is 0 Å². The van der Waals surface area contributed by atoms with Gasteiger partial charge in [-0.2, -0.15) is 0 Å². The van der Waals surface area contributed by atoms with Crippen molar-refractivity contribution in [2.45, 2.75) is 26.4 Å². The van der Waals surface area contributed by atoms with E-state index in [9.17, 15) is 5.11 Å². The molecule has 0 aliphatic rings. The maximum Gasteiger partial charge on any atom is 0.0831 e. The van der Waals surface area contributed by atoms with E-state index >= 15 is 0 Å². The largest absolute Gasteiger partial charge is 0.388 e. The Kier molecular flexibility index (Phi) is 5.30. The summed E-state index contributed by atoms with van der Waals surface area (Å²) in [6.07, 6.45) is -0.0497. The van der Waals surface area contributed by atoms with Crippen LogP contribution in [-0.4, -0.2) is 5.11 Å². The van der Waals surface area contributed by atoms with Gasteiger partial charge in [0, 0.05) is 20.4 Å². The van der Waals surface area contributed by atoms with Gasteiger partial charge in [0.1, 0.15) is 0 Å². The molecule has 4 heteroatoms. The van der Waals surface area contributed by atoms with E-state index in [1.807, 2.05) is 44.2 Å². The van der Waals surface area contributed by atoms with Gasteiger partial charge in [-0.15, -0.1) is 0 Å². The van der Waals surface area contributed by atoms with Gasteiger partial charge in [0.05, 0.1) is 6.10 Å². The Morgan fingerprint density at radius 2 is 1.70 bits per heavy atom. The number of aliphatic hydroxyl groups excluding tert-OH is 1. The molecule has 0 bridgehead atoms. The van der Waals surface area contributed by atoms with Crippen molar-refractivity contribution in [1.82, 2.24) is 0 Å². The van der Waals surface area contributed by atoms with Crippen LogP contribution in [-0.2, 0) is 6.42 Å². The van der Waals surface area contributed by atoms with Gasteiger partial charge in [0.25, 0.3) is 0 Å². The van der Waals surface area contributed by atoms with Crippen LogP contribution in [0.15, 0.2) is 39.3 Å². The van der Waals surface area contributed by atoms with Crippen LogP contribution in [0.2, 0.25) is 5.02 Å². The van der Waals surface area contributed by atoms with E-state index < -0.39 is 6.10 Å². The third kappa shape index (κ3) is 3.64. The van der Waals surface area contributed by atoms with Crippen molar-refractivity contribution in [1.29, 1.82) is 0 Å². The maximum absolute atomic E-state index is 10.4. The van der Waals surface area contributed by atoms with Crippen LogP contribution >= 0.6 is 43.5 Å². The molecule has 0 saturated carbocycles. The molecule has 2 rings (SSSR count). The van der Waals surface area contributed by atoms with Gasteiger partial charge in [-0.25, -0.2) is 0 Å². The molecule has 0 saturated heterocycles. The molecule has 2 aromatic carbocycles. The number of aryl methyl sites for hydroxylation is 2. The summed E-state index contributed by atoms with van der Waals surface area (Å²) >= 11 is 13.1. The highest BCUT2D eigenvalue weighted by Gasteiger charge is 2.13. The Morgan fingerprint density at radius 1 is 1.10 bits per heavy atom. The number of rotatable bonds is 3. The first-order chi connectivity index (χ1) is 9.38. The van der Waals surface area contributed by atoms with E-state index in [0.29, 0.717) is 11.4 Å². The molecule has 1 atom stereocenters. The number of halogens is 3. The quantitative estimate of drug-likeness (QED) is 0.672. The van der Waals surface area contributed by atoms with E-state index in [1.54, 1.807) is 0 Å². The fraction of sp³-hybridized carbons (Fsp3) is 0.250. The second-order valence-electron chi connectivity index (χ2n) is 4.92. The Hall–Kier alpha value is -0.350. The highest BCUT2D eigenvalue weighted by Crippen LogP contribution is 2.29. The van der Waals surface area contributed by atoms with Crippen LogP contribution in [0.4, 0.5) is 0 Å². The molecule has 0 spiro atoms. The van der Waals surface area contributed by atoms with Crippen molar-refractivity contribution >= 4 is 43.5 Å². The molecule has 106 valence electrons. The molecule has 0 aromatic heterocycles. The second-order valence-corrected chi connectivity index (χ2v) is 7.04. The molecule has 0 radical (unpaired) electrons. The lowest BCUT2D eigenvalue weighted by atomic mass is 9.98. The zero-order chi connectivity index (χ0) is 14.9. The van der Waals surface area contributed by atoms with E-state index in [-0.39, 0.29) is 0 Å². The van der Waals surface area contributed by atoms with Crippen LogP contribution in [0.3, 0.4) is 0 Å². The summed E-state index contributed by atoms with van der Waals surface area (Å²) in [6, 6.07) is 9.74. The molecular weight excluding hydrogens is 403 g/mol. The Bertz CT molecular complexity index is 617. The van der Waals surface area contributed by atoms with Crippen molar-refractivity contribution in [3.63, 3.8) is 0 Å². The molecule has 20 heavy (non-hydrogen) atoms. The Morgan fingerprint density at radius 3 is 2.25 bits per heavy atom. The summed E-state index contributed by atoms with van der Waals surface area (Å²) in [5, 5.41) is 11.1. The minimum absolute atomic E-state index is 0.507. The molecule has 0 aliphatic carbocycles. The highest BCUT2D eigenvalue weighted by atomic mass is 79.9. The summed E-state index contributed by atoms with van der Waals surface area (Å²) in [4.78, 5) is 0. The smallest absolute Gasteiger partial charge is 0.0831 e. The van der Waals surface area contributed by atoms with Crippen LogP contribution < -0.4 is 0 Å². The van der Waals surface area contributed by atoms with E-state index in [1.165, 1.54) is 0 Å². The fourth-order valence-corrected chi connectivity index (χ4v) is 3.16. The van der Waals surface area contributed by atoms with Crippen molar-refractivity contribution in [3.05, 3.63) is 66.6 Å². The topological polar surface area (TPSA) is 20.2 Å². The minimum atomic E-state index is -0.556. The number of hydrogen-bond acceptors (Lipinski definition) is 1. The first-order valence-corrected chi connectivity index (χ1v) is 8.23. The highest BCUT2D eigenvalue weighted by molar-refractivity contribution is 9.10. The van der Waals surface area contributed by atoms with Gasteiger partial charge in [0.2, 0.25) is 0 Å². The summed E-state index contributed by atoms with van der Waals surface area (Å²) in [5.74, 6) is 0. The standard InChI is InChI=1S/C16H15Br2ClO/c1-9-5-12(6-10(2)16(9)18)15(20)7-11-3-4-13(17)8-14(11)19/h3-6,8,15,20H,7H2,1-2H3. The number of benzene rings is 2. The maximum atomic E-state index is 10.4. The van der Waals surface area contributed by atoms with Crippen LogP contribution in [0, 0.1) is 13.8 Å². The van der Waals surface area contributed by atoms with E-state index in [4.69, 9.17) is 11.6 Å².